The van der Waals surface area contributed by atoms with E-state index in [1.807, 2.05) is 0 Å². The van der Waals surface area contributed by atoms with Gasteiger partial charge < -0.3 is 23.7 Å². The zero-order chi connectivity index (χ0) is 22.8. The van der Waals surface area contributed by atoms with Gasteiger partial charge in [-0.1, -0.05) is 20.5 Å². The molecular weight excluding hydrogens is 699 g/mol. The van der Waals surface area contributed by atoms with Gasteiger partial charge in [-0.05, 0) is 13.8 Å². The molecule has 0 aromatic heterocycles. The second kappa shape index (κ2) is 7.68. The number of alkyl halides is 2. The van der Waals surface area contributed by atoms with E-state index in [1.165, 1.54) is 4.90 Å². The number of hydrogen-bond acceptors (Lipinski definition) is 9. The molecule has 0 aromatic carbocycles. The summed E-state index contributed by atoms with van der Waals surface area (Å²) in [7, 11) is -6.10. The summed E-state index contributed by atoms with van der Waals surface area (Å²) in [6, 6.07) is -0.972. The van der Waals surface area contributed by atoms with Crippen LogP contribution in [0.5, 0.6) is 0 Å². The Morgan fingerprint density at radius 1 is 1.23 bits per heavy atom. The van der Waals surface area contributed by atoms with Crippen molar-refractivity contribution in [2.75, 3.05) is 0 Å². The third-order valence-corrected chi connectivity index (χ3v) is 6.23. The summed E-state index contributed by atoms with van der Waals surface area (Å²) in [6.45, 7) is 5.95. The predicted octanol–water partition coefficient (Wildman–Crippen LogP) is 0.0298. The first-order valence-corrected chi connectivity index (χ1v) is 10.7. The van der Waals surface area contributed by atoms with Crippen LogP contribution in [0.15, 0.2) is 0 Å². The van der Waals surface area contributed by atoms with Crippen LogP contribution in [0.4, 0.5) is 8.78 Å². The van der Waals surface area contributed by atoms with E-state index < -0.39 is 81.9 Å². The van der Waals surface area contributed by atoms with E-state index in [2.05, 4.69) is 4.74 Å². The minimum Gasteiger partial charge on any atom is -0.746 e. The van der Waals surface area contributed by atoms with Gasteiger partial charge in [0.15, 0.2) is 6.10 Å². The molecule has 6 atom stereocenters. The van der Waals surface area contributed by atoms with Crippen LogP contribution in [-0.4, -0.2) is 71.4 Å². The SMILES string of the molecule is CC(C)C(=O)OC1C2OC3C(C(=O)N(C(C)C)C13)C2C(=O)O[CH-]C(F)(F)S(=O)(=O)[O-].[Rf]. The van der Waals surface area contributed by atoms with Crippen LogP contribution < -0.4 is 0 Å². The van der Waals surface area contributed by atoms with Crippen molar-refractivity contribution < 1.29 is 50.3 Å². The fourth-order valence-corrected chi connectivity index (χ4v) is 4.36. The van der Waals surface area contributed by atoms with Crippen LogP contribution >= 0.6 is 0 Å². The van der Waals surface area contributed by atoms with E-state index in [1.54, 1.807) is 27.7 Å². The number of halogens is 2. The van der Waals surface area contributed by atoms with Crippen molar-refractivity contribution in [1.82, 2.24) is 4.90 Å². The number of rotatable bonds is 7. The Hall–Kier alpha value is -2.86. The number of esters is 2. The molecule has 3 aliphatic rings. The van der Waals surface area contributed by atoms with Crippen molar-refractivity contribution in [2.45, 2.75) is 63.3 Å². The van der Waals surface area contributed by atoms with Gasteiger partial charge in [-0.2, -0.15) is 0 Å². The van der Waals surface area contributed by atoms with Crippen LogP contribution in [0.2, 0.25) is 0 Å². The second-order valence-electron chi connectivity index (χ2n) is 8.07. The number of carbonyl (C=O) groups excluding carboxylic acids is 3. The molecule has 1 amide bonds. The van der Waals surface area contributed by atoms with Crippen LogP contribution in [-0.2, 0) is 38.7 Å². The monoisotopic (exact) mass is 720 g/mol. The Bertz CT molecular complexity index is 866. The van der Waals surface area contributed by atoms with Gasteiger partial charge in [0.05, 0.1) is 29.9 Å². The first kappa shape index (κ1) is 24.4. The fourth-order valence-electron chi connectivity index (χ4n) is 4.20. The summed E-state index contributed by atoms with van der Waals surface area (Å²) in [6.07, 6.45) is -2.99. The number of ether oxygens (including phenoxy) is 3. The van der Waals surface area contributed by atoms with E-state index >= 15 is 0 Å². The number of carbonyl (C=O) groups is 3. The molecule has 0 saturated carbocycles. The Balaban J connectivity index is 0.00000341. The Morgan fingerprint density at radius 2 is 1.81 bits per heavy atom. The van der Waals surface area contributed by atoms with Crippen LogP contribution in [0.25, 0.3) is 0 Å². The summed E-state index contributed by atoms with van der Waals surface area (Å²) in [5.74, 6) is -5.44. The predicted molar refractivity (Wildman–Crippen MR) is 91.2 cm³/mol. The topological polar surface area (TPSA) is 139 Å². The van der Waals surface area contributed by atoms with Crippen molar-refractivity contribution in [3.63, 3.8) is 0 Å². The minimum atomic E-state index is -6.10. The van der Waals surface area contributed by atoms with E-state index in [0.717, 1.165) is 0 Å². The van der Waals surface area contributed by atoms with Gasteiger partial charge in [-0.3, -0.25) is 14.4 Å². The molecule has 3 heterocycles. The van der Waals surface area contributed by atoms with Crippen molar-refractivity contribution in [2.24, 2.45) is 17.8 Å². The fraction of sp³-hybridized carbons (Fsp3) is 0.765. The number of likely N-dealkylation sites (tertiary alicyclic amines) is 1. The molecule has 172 valence electrons. The maximum absolute atomic E-state index is 13.3. The quantitative estimate of drug-likeness (QED) is 0.203. The molecule has 10 nitrogen and oxygen atoms in total. The van der Waals surface area contributed by atoms with Crippen molar-refractivity contribution >= 4 is 28.0 Å². The molecule has 3 saturated heterocycles. The average Bonchev–Trinajstić information content (AvgIpc) is 3.20. The molecule has 3 rings (SSSR count). The maximum Gasteiger partial charge on any atom is 0.308 e. The zero-order valence-electron chi connectivity index (χ0n) is 17.2. The van der Waals surface area contributed by atoms with Crippen LogP contribution in [0.3, 0.4) is 0 Å². The zero-order valence-corrected chi connectivity index (χ0v) is 24.4. The molecular formula is C17H21F2NO9RfS-2. The van der Waals surface area contributed by atoms with E-state index in [4.69, 9.17) is 9.47 Å². The van der Waals surface area contributed by atoms with Gasteiger partial charge >= 0.3 is 5.97 Å². The van der Waals surface area contributed by atoms with Crippen molar-refractivity contribution in [1.29, 1.82) is 0 Å². The molecule has 0 N–H and O–H groups in total. The van der Waals surface area contributed by atoms with Gasteiger partial charge in [-0.25, -0.2) is 17.2 Å². The largest absolute Gasteiger partial charge is 0.746 e. The molecule has 14 heteroatoms. The molecule has 6 unspecified atom stereocenters. The Labute approximate surface area is 171 Å². The van der Waals surface area contributed by atoms with Gasteiger partial charge in [-0.15, -0.1) is 0 Å². The van der Waals surface area contributed by atoms with Gasteiger partial charge in [0.1, 0.15) is 16.2 Å². The van der Waals surface area contributed by atoms with Crippen molar-refractivity contribution in [3.8, 4) is 0 Å². The second-order valence-corrected chi connectivity index (χ2v) is 9.53. The van der Waals surface area contributed by atoms with Crippen LogP contribution in [0, 0.1) is 24.4 Å². The van der Waals surface area contributed by atoms with Gasteiger partial charge in [0, 0.05) is 6.04 Å². The first-order valence-electron chi connectivity index (χ1n) is 9.25. The molecule has 2 bridgehead atoms. The van der Waals surface area contributed by atoms with Crippen LogP contribution in [0.1, 0.15) is 27.7 Å². The molecule has 0 aromatic rings. The molecule has 0 radical (unpaired) electrons. The molecule has 31 heavy (non-hydrogen) atoms. The summed E-state index contributed by atoms with van der Waals surface area (Å²) < 4.78 is 73.9. The Kier molecular flexibility index (Phi) is 6.05. The number of hydrogen-bond donors (Lipinski definition) is 0. The summed E-state index contributed by atoms with van der Waals surface area (Å²) in [5, 5.41) is -4.95. The summed E-state index contributed by atoms with van der Waals surface area (Å²) >= 11 is 0. The van der Waals surface area contributed by atoms with Gasteiger partial charge in [0.25, 0.3) is 11.2 Å². The molecule has 3 fully saturated rings. The van der Waals surface area contributed by atoms with E-state index in [-0.39, 0.29) is 6.04 Å². The summed E-state index contributed by atoms with van der Waals surface area (Å²) in [4.78, 5) is 39.0. The smallest absolute Gasteiger partial charge is 0.308 e. The maximum atomic E-state index is 13.3. The third-order valence-electron chi connectivity index (χ3n) is 5.46. The standard InChI is InChI=1S/C17H22F2NO9S.Rf/c1-6(2)15(22)29-13-10-11-8(14(21)20(10)7(3)4)9(12(13)28-11)16(23)27-5-17(18,19)30(24,25)26;/h5-13H,1-4H3,(H,24,25,26);/q-1;/p-1. The normalized spacial score (nSPS) is 31.9. The first-order chi connectivity index (χ1) is 13.7. The molecule has 3 aliphatic heterocycles. The number of nitrogens with zero attached hydrogens (tertiary/aromatic N) is 1. The number of fused-ring (bicyclic) bond motifs is 1. The average molecular weight is 720 g/mol. The Morgan fingerprint density at radius 3 is 2.29 bits per heavy atom. The van der Waals surface area contributed by atoms with E-state index in [0.29, 0.717) is 0 Å². The minimum absolute atomic E-state index is 0. The van der Waals surface area contributed by atoms with Crippen molar-refractivity contribution in [3.05, 3.63) is 6.61 Å². The molecule has 0 spiro atoms. The summed E-state index contributed by atoms with van der Waals surface area (Å²) in [5.41, 5.74) is 0. The number of amides is 1. The third kappa shape index (κ3) is 3.69. The molecule has 0 aliphatic carbocycles. The van der Waals surface area contributed by atoms with Gasteiger partial charge in [0.2, 0.25) is 5.91 Å². The van der Waals surface area contributed by atoms with E-state index in [9.17, 15) is 36.1 Å².